The number of sulfone groups is 4. The second kappa shape index (κ2) is 37.6. The maximum atomic E-state index is 15.3. The summed E-state index contributed by atoms with van der Waals surface area (Å²) in [6, 6.07) is 30.4. The molecule has 2 unspecified atom stereocenters. The molecule has 0 aliphatic carbocycles. The van der Waals surface area contributed by atoms with Crippen LogP contribution in [-0.2, 0) is 77.3 Å². The van der Waals surface area contributed by atoms with Crippen molar-refractivity contribution in [1.82, 2.24) is 0 Å². The highest BCUT2D eigenvalue weighted by Crippen LogP contribution is 2.61. The molecule has 8 aliphatic heterocycles. The molecule has 0 radical (unpaired) electrons. The van der Waals surface area contributed by atoms with Crippen LogP contribution >= 0.6 is 46.4 Å². The first-order chi connectivity index (χ1) is 58.0. The predicted octanol–water partition coefficient (Wildman–Crippen LogP) is 19.0. The Balaban J connectivity index is 0.000000140. The van der Waals surface area contributed by atoms with Crippen LogP contribution in [0.5, 0.6) is 23.0 Å². The van der Waals surface area contributed by atoms with Crippen LogP contribution in [0.2, 0.25) is 20.1 Å². The van der Waals surface area contributed by atoms with Gasteiger partial charge in [0.05, 0.1) is 105 Å². The number of unbranched alkanes of at least 4 members (excludes halogenated alkanes) is 1. The minimum atomic E-state index is -4.22. The molecule has 0 amide bonds. The Labute approximate surface area is 724 Å². The first kappa shape index (κ1) is 92.8. The number of hydrogen-bond donors (Lipinski definition) is 2. The van der Waals surface area contributed by atoms with Gasteiger partial charge in [0.1, 0.15) is 42.3 Å². The molecule has 0 bridgehead atoms. The van der Waals surface area contributed by atoms with Gasteiger partial charge in [0.25, 0.3) is 0 Å². The molecule has 8 aliphatic rings. The highest BCUT2D eigenvalue weighted by Gasteiger charge is 2.66. The summed E-state index contributed by atoms with van der Waals surface area (Å²) in [5.41, 5.74) is -1.02. The summed E-state index contributed by atoms with van der Waals surface area (Å²) in [6.45, 7) is 7.40. The van der Waals surface area contributed by atoms with Gasteiger partial charge in [-0.05, 0) is 223 Å². The summed E-state index contributed by atoms with van der Waals surface area (Å²) in [7, 11) is -16.7. The van der Waals surface area contributed by atoms with E-state index in [9.17, 15) is 61.4 Å². The molecule has 0 saturated carbocycles. The van der Waals surface area contributed by atoms with Gasteiger partial charge in [0.15, 0.2) is 85.6 Å². The largest absolute Gasteiger partial charge is 0.490 e. The number of aliphatic hydroxyl groups excluding tert-OH is 2. The van der Waals surface area contributed by atoms with Gasteiger partial charge in [0, 0.05) is 70.2 Å². The van der Waals surface area contributed by atoms with E-state index >= 15 is 17.6 Å². The molecule has 16 rings (SSSR count). The number of ether oxygens (including phenoxy) is 8. The molecule has 8 aromatic rings. The molecule has 0 spiro atoms. The molecular weight excluding hydrogens is 1770 g/mol. The van der Waals surface area contributed by atoms with Crippen molar-refractivity contribution in [2.45, 2.75) is 193 Å². The Hall–Kier alpha value is -6.88. The standard InChI is InChI=1S/C23H25ClF2O5S.C22H23ClF2O5S.C22H23ClF2O4S.C21H21ClF2O4S/c1-2-15(27)5-10-20-17-13-31-22-19(26)9-8-18(25)21(22)23(17,11-12-30-20)32(28,29)16-6-3-14(24)4-7-16;1-13(26)2-9-19-16-12-30-21-18(25)8-7-17(24)20(21)22(16,10-11-29-19)31(27,28)15-5-3-14(23)4-6-15;1-2-3-4-19-16-13-29-21-18(25)10-9-17(24)20(21)22(16,11-12-28-19)30(26,27)15-7-5-14(23)6-8-15;1-2-3-18-15-12-28-20-17(24)9-8-16(23)19(20)21(15,10-11-27-18)29(25,26)14-6-4-13(22)5-7-14/h3-4,6-9,15,17,20,27H,2,5,10-13H2,1H3;3-8,13,16,19,26H,2,9-12H2,1H3;5-10,16,19H,2-4,11-13H2,1H3;4-9,15,18H,2-3,10-12H2,1H3/t15?,17-,20-,23-;13?,16-,19-,22-;16-,19-,22-;15-,18-,21-/m0000/s1. The molecule has 14 atom stereocenters. The van der Waals surface area contributed by atoms with Gasteiger partial charge in [0.2, 0.25) is 0 Å². The van der Waals surface area contributed by atoms with Crippen LogP contribution in [0.15, 0.2) is 165 Å². The summed E-state index contributed by atoms with van der Waals surface area (Å²) in [5.74, 6) is -10.7. The van der Waals surface area contributed by atoms with Crippen LogP contribution in [0.3, 0.4) is 0 Å². The SMILES string of the molecule is CC(O)CC[C@@H]1OCC[C@@]2(S(=O)(=O)c3ccc(Cl)cc3)c3c(F)ccc(F)c3OC[C@@H]12.CCC(O)CC[C@@H]1OCC[C@@]2(S(=O)(=O)c3ccc(Cl)cc3)c3c(F)ccc(F)c3OC[C@@H]12.CCCC[C@@H]1OCC[C@@]2(S(=O)(=O)c3ccc(Cl)cc3)c3c(F)ccc(F)c3OC[C@@H]12.CCC[C@@H]1OCC[C@@]2(S(=O)(=O)c3ccc(Cl)cc3)c3c(F)ccc(F)c3OC[C@@H]12. The fourth-order valence-corrected chi connectivity index (χ4v) is 28.9. The number of hydrogen-bond acceptors (Lipinski definition) is 18. The Morgan fingerprint density at radius 3 is 0.820 bits per heavy atom. The van der Waals surface area contributed by atoms with Gasteiger partial charge in [-0.15, -0.1) is 0 Å². The molecular formula is C88H92Cl4F8O18S4. The molecule has 2 N–H and O–H groups in total. The first-order valence-electron chi connectivity index (χ1n) is 40.3. The van der Waals surface area contributed by atoms with E-state index in [1.807, 2.05) is 20.8 Å². The number of fused-ring (bicyclic) bond motifs is 12. The minimum Gasteiger partial charge on any atom is -0.490 e. The lowest BCUT2D eigenvalue weighted by molar-refractivity contribution is -0.0800. The van der Waals surface area contributed by atoms with Crippen LogP contribution < -0.4 is 18.9 Å². The number of aliphatic hydroxyl groups is 2. The summed E-state index contributed by atoms with van der Waals surface area (Å²) in [4.78, 5) is -0.0302. The molecule has 660 valence electrons. The average Bonchev–Trinajstić information content (AvgIpc) is 0.715. The maximum absolute atomic E-state index is 15.3. The van der Waals surface area contributed by atoms with Crippen molar-refractivity contribution in [3.05, 3.63) is 234 Å². The Morgan fingerprint density at radius 2 is 0.582 bits per heavy atom. The van der Waals surface area contributed by atoms with Gasteiger partial charge in [-0.2, -0.15) is 0 Å². The van der Waals surface area contributed by atoms with E-state index in [2.05, 4.69) is 0 Å². The Morgan fingerprint density at radius 1 is 0.344 bits per heavy atom. The van der Waals surface area contributed by atoms with Crippen LogP contribution in [0.25, 0.3) is 0 Å². The third-order valence-electron chi connectivity index (χ3n) is 24.9. The highest BCUT2D eigenvalue weighted by atomic mass is 35.5. The fraction of sp³-hybridized carbons (Fsp3) is 0.455. The van der Waals surface area contributed by atoms with Crippen molar-refractivity contribution >= 4 is 85.8 Å². The van der Waals surface area contributed by atoms with Crippen LogP contribution in [0.4, 0.5) is 35.1 Å². The van der Waals surface area contributed by atoms with Crippen LogP contribution in [-0.4, -0.2) is 133 Å². The molecule has 8 heterocycles. The van der Waals surface area contributed by atoms with Crippen molar-refractivity contribution in [1.29, 1.82) is 0 Å². The van der Waals surface area contributed by atoms with E-state index in [1.54, 1.807) is 6.92 Å². The Kier molecular flexibility index (Phi) is 28.6. The van der Waals surface area contributed by atoms with E-state index in [-0.39, 0.29) is 143 Å². The lowest BCUT2D eigenvalue weighted by Crippen LogP contribution is -2.57. The maximum Gasteiger partial charge on any atom is 0.189 e. The lowest BCUT2D eigenvalue weighted by atomic mass is 9.74. The average molecular weight is 1860 g/mol. The zero-order valence-corrected chi connectivity index (χ0v) is 73.1. The van der Waals surface area contributed by atoms with Gasteiger partial charge in [-0.25, -0.2) is 68.8 Å². The topological polar surface area (TPSA) is 251 Å². The predicted molar refractivity (Wildman–Crippen MR) is 441 cm³/mol. The zero-order valence-electron chi connectivity index (χ0n) is 66.8. The highest BCUT2D eigenvalue weighted by molar-refractivity contribution is 7.93. The molecule has 4 fully saturated rings. The van der Waals surface area contributed by atoms with E-state index in [0.717, 1.165) is 67.8 Å². The summed E-state index contributed by atoms with van der Waals surface area (Å²) < 4.78 is 271. The molecule has 122 heavy (non-hydrogen) atoms. The van der Waals surface area contributed by atoms with Crippen LogP contribution in [0, 0.1) is 70.2 Å². The van der Waals surface area contributed by atoms with E-state index < -0.39 is 165 Å². The second-order valence-corrected chi connectivity index (χ2v) is 42.2. The third-order valence-corrected chi connectivity index (χ3v) is 36.2. The molecule has 0 aromatic heterocycles. The Bertz CT molecular complexity index is 5600. The second-order valence-electron chi connectivity index (χ2n) is 31.6. The fourth-order valence-electron chi connectivity index (χ4n) is 19.0. The van der Waals surface area contributed by atoms with Gasteiger partial charge in [-0.1, -0.05) is 86.4 Å². The van der Waals surface area contributed by atoms with E-state index in [1.165, 1.54) is 97.1 Å². The van der Waals surface area contributed by atoms with E-state index in [0.29, 0.717) is 65.0 Å². The quantitative estimate of drug-likeness (QED) is 0.0673. The lowest BCUT2D eigenvalue weighted by Gasteiger charge is -2.50. The van der Waals surface area contributed by atoms with Crippen molar-refractivity contribution in [2.75, 3.05) is 52.9 Å². The monoisotopic (exact) mass is 1860 g/mol. The zero-order chi connectivity index (χ0) is 87.8. The number of halogens is 12. The first-order valence-corrected chi connectivity index (χ1v) is 47.8. The molecule has 4 saturated heterocycles. The normalized spacial score (nSPS) is 26.2. The van der Waals surface area contributed by atoms with Crippen molar-refractivity contribution < 1.29 is 117 Å². The van der Waals surface area contributed by atoms with Crippen LogP contribution in [0.1, 0.15) is 140 Å². The number of rotatable bonds is 20. The van der Waals surface area contributed by atoms with Crippen molar-refractivity contribution in [3.8, 4) is 23.0 Å². The van der Waals surface area contributed by atoms with Gasteiger partial charge >= 0.3 is 0 Å². The van der Waals surface area contributed by atoms with Crippen molar-refractivity contribution in [3.63, 3.8) is 0 Å². The molecule has 18 nitrogen and oxygen atoms in total. The minimum absolute atomic E-state index is 0.0135. The van der Waals surface area contributed by atoms with Gasteiger partial charge < -0.3 is 48.1 Å². The smallest absolute Gasteiger partial charge is 0.189 e. The summed E-state index contributed by atoms with van der Waals surface area (Å²) in [5, 5.41) is 21.2. The molecule has 8 aromatic carbocycles. The summed E-state index contributed by atoms with van der Waals surface area (Å²) >= 11 is 23.8. The van der Waals surface area contributed by atoms with Gasteiger partial charge in [-0.3, -0.25) is 0 Å². The number of benzene rings is 8. The third kappa shape index (κ3) is 16.7. The summed E-state index contributed by atoms with van der Waals surface area (Å²) in [6.07, 6.45) is 2.42. The van der Waals surface area contributed by atoms with Crippen molar-refractivity contribution in [2.24, 2.45) is 23.7 Å². The molecule has 34 heteroatoms. The van der Waals surface area contributed by atoms with E-state index in [4.69, 9.17) is 84.3 Å².